The molecule has 0 saturated carbocycles. The molecule has 8 nitrogen and oxygen atoms in total. The van der Waals surface area contributed by atoms with Crippen LogP contribution in [-0.4, -0.2) is 81.7 Å². The molecule has 2 unspecified atom stereocenters. The first kappa shape index (κ1) is 40.2. The topological polar surface area (TPSA) is 106 Å². The number of likely N-dealkylation sites (tertiary alicyclic amines) is 1. The number of hydrogen-bond donors (Lipinski definition) is 3. The van der Waals surface area contributed by atoms with Crippen LogP contribution in [0.25, 0.3) is 0 Å². The summed E-state index contributed by atoms with van der Waals surface area (Å²) in [7, 11) is 3.38. The van der Waals surface area contributed by atoms with Gasteiger partial charge in [-0.3, -0.25) is 4.79 Å². The van der Waals surface area contributed by atoms with E-state index in [4.69, 9.17) is 19.9 Å². The summed E-state index contributed by atoms with van der Waals surface area (Å²) in [5.74, 6) is 3.36. The number of carbonyl (C=O) groups excluding carboxylic acids is 1. The number of ether oxygens (including phenoxy) is 3. The summed E-state index contributed by atoms with van der Waals surface area (Å²) in [6, 6.07) is 6.22. The third-order valence-electron chi connectivity index (χ3n) is 8.67. The Bertz CT molecular complexity index is 873. The van der Waals surface area contributed by atoms with Crippen LogP contribution < -0.4 is 20.5 Å². The van der Waals surface area contributed by atoms with E-state index in [1.54, 1.807) is 14.2 Å². The predicted molar refractivity (Wildman–Crippen MR) is 182 cm³/mol. The number of piperidine rings is 1. The third-order valence-corrected chi connectivity index (χ3v) is 8.67. The summed E-state index contributed by atoms with van der Waals surface area (Å²) in [5.41, 5.74) is 7.02. The summed E-state index contributed by atoms with van der Waals surface area (Å²) in [5, 5.41) is 13.1. The SMILES string of the molecule is CC(C)C(CC[C@H](O)C[C@H](C)N)C(=O)NCCCN1CCCCC1.COCCCOc1cc(CC(C)C(C)C)ccc1OC. The van der Waals surface area contributed by atoms with Gasteiger partial charge in [0.1, 0.15) is 0 Å². The number of benzene rings is 1. The zero-order valence-electron chi connectivity index (χ0n) is 29.4. The molecule has 0 bridgehead atoms. The van der Waals surface area contributed by atoms with E-state index in [9.17, 15) is 9.90 Å². The molecular weight excluding hydrogens is 554 g/mol. The van der Waals surface area contributed by atoms with E-state index in [2.05, 4.69) is 57.0 Å². The van der Waals surface area contributed by atoms with E-state index in [0.717, 1.165) is 50.3 Å². The highest BCUT2D eigenvalue weighted by Crippen LogP contribution is 2.30. The number of carbonyl (C=O) groups is 1. The number of rotatable bonds is 20. The van der Waals surface area contributed by atoms with Crippen molar-refractivity contribution in [2.75, 3.05) is 53.6 Å². The number of nitrogens with zero attached hydrogens (tertiary/aromatic N) is 1. The van der Waals surface area contributed by atoms with Crippen LogP contribution in [0, 0.1) is 23.7 Å². The zero-order valence-corrected chi connectivity index (χ0v) is 29.4. The molecule has 1 aliphatic rings. The van der Waals surface area contributed by atoms with Crippen LogP contribution in [0.3, 0.4) is 0 Å². The molecule has 0 spiro atoms. The van der Waals surface area contributed by atoms with Crippen LogP contribution in [0.2, 0.25) is 0 Å². The van der Waals surface area contributed by atoms with Crippen LogP contribution in [0.1, 0.15) is 98.5 Å². The van der Waals surface area contributed by atoms with Gasteiger partial charge < -0.3 is 35.3 Å². The Morgan fingerprint density at radius 2 is 1.66 bits per heavy atom. The second kappa shape index (κ2) is 23.5. The van der Waals surface area contributed by atoms with Gasteiger partial charge in [-0.25, -0.2) is 0 Å². The second-order valence-electron chi connectivity index (χ2n) is 13.4. The highest BCUT2D eigenvalue weighted by atomic mass is 16.5. The molecule has 44 heavy (non-hydrogen) atoms. The summed E-state index contributed by atoms with van der Waals surface area (Å²) >= 11 is 0. The molecule has 4 atom stereocenters. The molecule has 1 aliphatic heterocycles. The molecule has 0 aliphatic carbocycles. The van der Waals surface area contributed by atoms with Crippen LogP contribution in [-0.2, 0) is 16.0 Å². The summed E-state index contributed by atoms with van der Waals surface area (Å²) < 4.78 is 16.2. The van der Waals surface area contributed by atoms with Crippen molar-refractivity contribution >= 4 is 5.91 Å². The van der Waals surface area contributed by atoms with Crippen molar-refractivity contribution in [3.63, 3.8) is 0 Å². The lowest BCUT2D eigenvalue weighted by atomic mass is 9.88. The van der Waals surface area contributed by atoms with Gasteiger partial charge in [0.15, 0.2) is 11.5 Å². The molecular formula is C36H67N3O5. The lowest BCUT2D eigenvalue weighted by molar-refractivity contribution is -0.126. The summed E-state index contributed by atoms with van der Waals surface area (Å²) in [4.78, 5) is 14.9. The van der Waals surface area contributed by atoms with E-state index >= 15 is 0 Å². The van der Waals surface area contributed by atoms with Gasteiger partial charge in [-0.05, 0) is 107 Å². The van der Waals surface area contributed by atoms with Crippen LogP contribution in [0.15, 0.2) is 18.2 Å². The highest BCUT2D eigenvalue weighted by molar-refractivity contribution is 5.78. The first-order valence-corrected chi connectivity index (χ1v) is 17.2. The molecule has 1 aromatic carbocycles. The predicted octanol–water partition coefficient (Wildman–Crippen LogP) is 6.07. The van der Waals surface area contributed by atoms with Gasteiger partial charge in [-0.1, -0.05) is 47.1 Å². The number of hydrogen-bond acceptors (Lipinski definition) is 7. The Balaban J connectivity index is 0.000000447. The number of nitrogens with two attached hydrogens (primary N) is 1. The van der Waals surface area contributed by atoms with Crippen molar-refractivity contribution in [1.82, 2.24) is 10.2 Å². The smallest absolute Gasteiger partial charge is 0.223 e. The molecule has 8 heteroatoms. The van der Waals surface area contributed by atoms with Crippen molar-refractivity contribution in [1.29, 1.82) is 0 Å². The number of methoxy groups -OCH3 is 2. The zero-order chi connectivity index (χ0) is 32.9. The van der Waals surface area contributed by atoms with E-state index in [1.165, 1.54) is 37.9 Å². The molecule has 4 N–H and O–H groups in total. The molecule has 1 fully saturated rings. The lowest BCUT2D eigenvalue weighted by Crippen LogP contribution is -2.37. The molecule has 1 saturated heterocycles. The van der Waals surface area contributed by atoms with Gasteiger partial charge >= 0.3 is 0 Å². The van der Waals surface area contributed by atoms with Gasteiger partial charge in [0, 0.05) is 38.6 Å². The van der Waals surface area contributed by atoms with Gasteiger partial charge in [0.25, 0.3) is 0 Å². The van der Waals surface area contributed by atoms with E-state index < -0.39 is 6.10 Å². The van der Waals surface area contributed by atoms with Crippen molar-refractivity contribution in [3.05, 3.63) is 23.8 Å². The van der Waals surface area contributed by atoms with Gasteiger partial charge in [-0.2, -0.15) is 0 Å². The minimum atomic E-state index is -0.404. The Labute approximate surface area is 269 Å². The van der Waals surface area contributed by atoms with E-state index in [0.29, 0.717) is 37.9 Å². The monoisotopic (exact) mass is 622 g/mol. The highest BCUT2D eigenvalue weighted by Gasteiger charge is 2.23. The first-order chi connectivity index (χ1) is 21.0. The van der Waals surface area contributed by atoms with Crippen molar-refractivity contribution in [2.45, 2.75) is 111 Å². The average Bonchev–Trinajstić information content (AvgIpc) is 2.98. The number of aliphatic hydroxyl groups is 1. The van der Waals surface area contributed by atoms with E-state index in [1.807, 2.05) is 13.0 Å². The number of amides is 1. The van der Waals surface area contributed by atoms with E-state index in [-0.39, 0.29) is 23.8 Å². The minimum Gasteiger partial charge on any atom is -0.493 e. The van der Waals surface area contributed by atoms with Crippen LogP contribution in [0.5, 0.6) is 11.5 Å². The standard InChI is InChI=1S/C19H39N3O2.C17H28O3/c1-15(2)18(9-8-17(23)14-16(3)20)19(24)21-10-7-13-22-11-5-4-6-12-22;1-13(2)14(3)11-15-7-8-16(19-5)17(12-15)20-10-6-9-18-4/h15-18,23H,4-14,20H2,1-3H3,(H,21,24);7-8,12-14H,6,9-11H2,1-5H3/t16-,17-,18?;/m0./s1. The normalized spacial score (nSPS) is 16.5. The van der Waals surface area contributed by atoms with Crippen molar-refractivity contribution < 1.29 is 24.1 Å². The molecule has 1 amide bonds. The molecule has 1 heterocycles. The number of aliphatic hydroxyl groups excluding tert-OH is 1. The van der Waals surface area contributed by atoms with Gasteiger partial charge in [0.2, 0.25) is 5.91 Å². The quantitative estimate of drug-likeness (QED) is 0.152. The first-order valence-electron chi connectivity index (χ1n) is 17.2. The third kappa shape index (κ3) is 17.6. The van der Waals surface area contributed by atoms with Crippen molar-refractivity contribution in [3.8, 4) is 11.5 Å². The fraction of sp³-hybridized carbons (Fsp3) is 0.806. The largest absolute Gasteiger partial charge is 0.493 e. The molecule has 0 aromatic heterocycles. The fourth-order valence-electron chi connectivity index (χ4n) is 5.47. The molecule has 0 radical (unpaired) electrons. The Kier molecular flexibility index (Phi) is 21.4. The van der Waals surface area contributed by atoms with Crippen molar-refractivity contribution in [2.24, 2.45) is 29.4 Å². The van der Waals surface area contributed by atoms with Gasteiger partial charge in [0.05, 0.1) is 19.8 Å². The maximum absolute atomic E-state index is 12.4. The molecule has 256 valence electrons. The maximum Gasteiger partial charge on any atom is 0.223 e. The minimum absolute atomic E-state index is 0.00103. The Morgan fingerprint density at radius 1 is 0.955 bits per heavy atom. The Morgan fingerprint density at radius 3 is 2.25 bits per heavy atom. The van der Waals surface area contributed by atoms with Gasteiger partial charge in [-0.15, -0.1) is 0 Å². The molecule has 2 rings (SSSR count). The fourth-order valence-corrected chi connectivity index (χ4v) is 5.47. The second-order valence-corrected chi connectivity index (χ2v) is 13.4. The molecule has 1 aromatic rings. The van der Waals surface area contributed by atoms with Crippen LogP contribution >= 0.6 is 0 Å². The lowest BCUT2D eigenvalue weighted by Gasteiger charge is -2.26. The average molecular weight is 622 g/mol. The number of nitrogens with one attached hydrogen (secondary N) is 1. The maximum atomic E-state index is 12.4. The van der Waals surface area contributed by atoms with Crippen LogP contribution in [0.4, 0.5) is 0 Å². The summed E-state index contributed by atoms with van der Waals surface area (Å²) in [6.45, 7) is 18.5. The Hall–Kier alpha value is -1.87. The summed E-state index contributed by atoms with van der Waals surface area (Å²) in [6.07, 6.45) is 8.51.